The minimum atomic E-state index is -0.338. The summed E-state index contributed by atoms with van der Waals surface area (Å²) in [5.74, 6) is 0.730. The van der Waals surface area contributed by atoms with Gasteiger partial charge in [-0.1, -0.05) is 12.1 Å². The van der Waals surface area contributed by atoms with Crippen molar-refractivity contribution in [2.75, 3.05) is 12.1 Å². The molecule has 1 aliphatic rings. The minimum Gasteiger partial charge on any atom is -0.454 e. The second-order valence-corrected chi connectivity index (χ2v) is 4.38. The number of nitrogens with one attached hydrogen (secondary N) is 1. The van der Waals surface area contributed by atoms with Crippen LogP contribution < -0.4 is 14.8 Å². The Labute approximate surface area is 115 Å². The van der Waals surface area contributed by atoms with Crippen LogP contribution in [0.2, 0.25) is 0 Å². The van der Waals surface area contributed by atoms with Gasteiger partial charge in [0.2, 0.25) is 12.7 Å². The molecule has 3 rings (SSSR count). The fourth-order valence-electron chi connectivity index (χ4n) is 2.04. The van der Waals surface area contributed by atoms with Crippen molar-refractivity contribution in [1.82, 2.24) is 0 Å². The van der Waals surface area contributed by atoms with Crippen molar-refractivity contribution < 1.29 is 18.7 Å². The summed E-state index contributed by atoms with van der Waals surface area (Å²) in [5.41, 5.74) is 1.32. The van der Waals surface area contributed by atoms with E-state index in [1.54, 1.807) is 6.07 Å². The SMILES string of the molecule is O=C(Cc1cccc2c1OCO2)Nc1ccc(F)cc1. The highest BCUT2D eigenvalue weighted by atomic mass is 19.1. The van der Waals surface area contributed by atoms with E-state index in [1.807, 2.05) is 12.1 Å². The van der Waals surface area contributed by atoms with Gasteiger partial charge in [-0.3, -0.25) is 4.79 Å². The van der Waals surface area contributed by atoms with Crippen LogP contribution in [-0.4, -0.2) is 12.7 Å². The molecule has 20 heavy (non-hydrogen) atoms. The average Bonchev–Trinajstić information content (AvgIpc) is 2.91. The Kier molecular flexibility index (Phi) is 3.25. The summed E-state index contributed by atoms with van der Waals surface area (Å²) in [5, 5.41) is 2.71. The molecule has 1 N–H and O–H groups in total. The molecule has 0 aromatic heterocycles. The van der Waals surface area contributed by atoms with Gasteiger partial charge in [-0.25, -0.2) is 4.39 Å². The third-order valence-corrected chi connectivity index (χ3v) is 2.96. The number of hydrogen-bond donors (Lipinski definition) is 1. The molecule has 1 amide bonds. The number of halogens is 1. The highest BCUT2D eigenvalue weighted by molar-refractivity contribution is 5.92. The number of fused-ring (bicyclic) bond motifs is 1. The van der Waals surface area contributed by atoms with Crippen LogP contribution in [0.15, 0.2) is 42.5 Å². The predicted octanol–water partition coefficient (Wildman–Crippen LogP) is 2.74. The van der Waals surface area contributed by atoms with E-state index in [1.165, 1.54) is 24.3 Å². The van der Waals surface area contributed by atoms with E-state index in [9.17, 15) is 9.18 Å². The van der Waals surface area contributed by atoms with Crippen LogP contribution in [0.3, 0.4) is 0 Å². The molecule has 5 heteroatoms. The van der Waals surface area contributed by atoms with Crippen molar-refractivity contribution in [2.45, 2.75) is 6.42 Å². The topological polar surface area (TPSA) is 47.6 Å². The molecule has 0 bridgehead atoms. The lowest BCUT2D eigenvalue weighted by Crippen LogP contribution is -2.14. The second kappa shape index (κ2) is 5.21. The van der Waals surface area contributed by atoms with Gasteiger partial charge in [0.15, 0.2) is 11.5 Å². The Balaban J connectivity index is 1.70. The fraction of sp³-hybridized carbons (Fsp3) is 0.133. The largest absolute Gasteiger partial charge is 0.454 e. The maximum Gasteiger partial charge on any atom is 0.231 e. The van der Waals surface area contributed by atoms with E-state index in [0.29, 0.717) is 17.2 Å². The van der Waals surface area contributed by atoms with Crippen LogP contribution in [-0.2, 0) is 11.2 Å². The summed E-state index contributed by atoms with van der Waals surface area (Å²) < 4.78 is 23.4. The lowest BCUT2D eigenvalue weighted by atomic mass is 10.1. The summed E-state index contributed by atoms with van der Waals surface area (Å²) in [6.45, 7) is 0.173. The summed E-state index contributed by atoms with van der Waals surface area (Å²) in [6.07, 6.45) is 0.171. The Bertz CT molecular complexity index is 640. The van der Waals surface area contributed by atoms with Gasteiger partial charge >= 0.3 is 0 Å². The molecule has 2 aromatic rings. The number of rotatable bonds is 3. The zero-order valence-electron chi connectivity index (χ0n) is 10.6. The third-order valence-electron chi connectivity index (χ3n) is 2.96. The average molecular weight is 273 g/mol. The van der Waals surface area contributed by atoms with Crippen molar-refractivity contribution in [3.05, 3.63) is 53.8 Å². The Morgan fingerprint density at radius 3 is 2.75 bits per heavy atom. The summed E-state index contributed by atoms with van der Waals surface area (Å²) >= 11 is 0. The molecule has 1 heterocycles. The highest BCUT2D eigenvalue weighted by Gasteiger charge is 2.18. The number of carbonyl (C=O) groups excluding carboxylic acids is 1. The Hall–Kier alpha value is -2.56. The number of amides is 1. The van der Waals surface area contributed by atoms with E-state index in [-0.39, 0.29) is 24.9 Å². The van der Waals surface area contributed by atoms with Gasteiger partial charge in [-0.15, -0.1) is 0 Å². The van der Waals surface area contributed by atoms with Gasteiger partial charge in [-0.2, -0.15) is 0 Å². The normalized spacial score (nSPS) is 12.2. The standard InChI is InChI=1S/C15H12FNO3/c16-11-4-6-12(7-5-11)17-14(18)8-10-2-1-3-13-15(10)20-9-19-13/h1-7H,8-9H2,(H,17,18). The number of para-hydroxylation sites is 1. The zero-order chi connectivity index (χ0) is 13.9. The molecule has 0 unspecified atom stereocenters. The molecule has 0 atom stereocenters. The molecule has 4 nitrogen and oxygen atoms in total. The first kappa shape index (κ1) is 12.5. The molecule has 0 fully saturated rings. The van der Waals surface area contributed by atoms with Crippen LogP contribution in [0.25, 0.3) is 0 Å². The summed E-state index contributed by atoms with van der Waals surface area (Å²) in [7, 11) is 0. The molecule has 0 saturated heterocycles. The lowest BCUT2D eigenvalue weighted by molar-refractivity contribution is -0.115. The highest BCUT2D eigenvalue weighted by Crippen LogP contribution is 2.35. The summed E-state index contributed by atoms with van der Waals surface area (Å²) in [4.78, 5) is 12.0. The van der Waals surface area contributed by atoms with E-state index in [4.69, 9.17) is 9.47 Å². The fourth-order valence-corrected chi connectivity index (χ4v) is 2.04. The lowest BCUT2D eigenvalue weighted by Gasteiger charge is -2.07. The quantitative estimate of drug-likeness (QED) is 0.935. The van der Waals surface area contributed by atoms with Crippen molar-refractivity contribution in [3.8, 4) is 11.5 Å². The monoisotopic (exact) mass is 273 g/mol. The summed E-state index contributed by atoms with van der Waals surface area (Å²) in [6, 6.07) is 11.1. The predicted molar refractivity (Wildman–Crippen MR) is 71.3 cm³/mol. The number of hydrogen-bond acceptors (Lipinski definition) is 3. The van der Waals surface area contributed by atoms with Gasteiger partial charge in [0.1, 0.15) is 5.82 Å². The van der Waals surface area contributed by atoms with Gasteiger partial charge in [0, 0.05) is 11.3 Å². The van der Waals surface area contributed by atoms with E-state index >= 15 is 0 Å². The van der Waals surface area contributed by atoms with Crippen LogP contribution in [0, 0.1) is 5.82 Å². The molecular formula is C15H12FNO3. The van der Waals surface area contributed by atoms with E-state index in [0.717, 1.165) is 5.56 Å². The Morgan fingerprint density at radius 1 is 1.15 bits per heavy atom. The molecule has 1 aliphatic heterocycles. The molecule has 0 radical (unpaired) electrons. The number of carbonyl (C=O) groups is 1. The van der Waals surface area contributed by atoms with Crippen LogP contribution in [0.4, 0.5) is 10.1 Å². The number of ether oxygens (including phenoxy) is 2. The van der Waals surface area contributed by atoms with Crippen molar-refractivity contribution in [3.63, 3.8) is 0 Å². The third kappa shape index (κ3) is 2.56. The van der Waals surface area contributed by atoms with E-state index < -0.39 is 0 Å². The first-order valence-electron chi connectivity index (χ1n) is 6.15. The number of anilines is 1. The minimum absolute atomic E-state index is 0.171. The van der Waals surface area contributed by atoms with E-state index in [2.05, 4.69) is 5.32 Å². The second-order valence-electron chi connectivity index (χ2n) is 4.38. The zero-order valence-corrected chi connectivity index (χ0v) is 10.6. The maximum absolute atomic E-state index is 12.8. The number of benzene rings is 2. The van der Waals surface area contributed by atoms with Crippen LogP contribution in [0.1, 0.15) is 5.56 Å². The first-order chi connectivity index (χ1) is 9.72. The van der Waals surface area contributed by atoms with Crippen molar-refractivity contribution in [1.29, 1.82) is 0 Å². The molecule has 102 valence electrons. The van der Waals surface area contributed by atoms with Gasteiger partial charge < -0.3 is 14.8 Å². The Morgan fingerprint density at radius 2 is 1.95 bits per heavy atom. The van der Waals surface area contributed by atoms with Crippen molar-refractivity contribution >= 4 is 11.6 Å². The van der Waals surface area contributed by atoms with Gasteiger partial charge in [0.05, 0.1) is 6.42 Å². The first-order valence-corrected chi connectivity index (χ1v) is 6.15. The van der Waals surface area contributed by atoms with Gasteiger partial charge in [-0.05, 0) is 30.3 Å². The molecule has 0 aliphatic carbocycles. The van der Waals surface area contributed by atoms with Crippen LogP contribution >= 0.6 is 0 Å². The van der Waals surface area contributed by atoms with Gasteiger partial charge in [0.25, 0.3) is 0 Å². The van der Waals surface area contributed by atoms with Crippen molar-refractivity contribution in [2.24, 2.45) is 0 Å². The molecule has 0 spiro atoms. The molecular weight excluding hydrogens is 261 g/mol. The van der Waals surface area contributed by atoms with Crippen LogP contribution in [0.5, 0.6) is 11.5 Å². The maximum atomic E-state index is 12.8. The molecule has 0 saturated carbocycles. The molecule has 2 aromatic carbocycles. The smallest absolute Gasteiger partial charge is 0.231 e.